The first kappa shape index (κ1) is 9.50. The van der Waals surface area contributed by atoms with E-state index in [4.69, 9.17) is 15.2 Å². The fourth-order valence-electron chi connectivity index (χ4n) is 0.708. The standard InChI is InChI=1S/C7H12N4O2/c1-4(2)13-7-10-5(8)9-6(11-7)12-3/h4H,1-3H3,(H2,8,9,10,11). The van der Waals surface area contributed by atoms with E-state index in [1.165, 1.54) is 7.11 Å². The van der Waals surface area contributed by atoms with Crippen molar-refractivity contribution in [2.24, 2.45) is 0 Å². The largest absolute Gasteiger partial charge is 0.467 e. The normalized spacial score (nSPS) is 10.2. The predicted molar refractivity (Wildman–Crippen MR) is 46.6 cm³/mol. The zero-order valence-corrected chi connectivity index (χ0v) is 7.81. The Bertz CT molecular complexity index is 290. The number of nitrogens with zero attached hydrogens (tertiary/aromatic N) is 3. The first-order chi connectivity index (χ1) is 6.11. The number of nitrogen functional groups attached to an aromatic ring is 1. The molecule has 72 valence electrons. The number of methoxy groups -OCH3 is 1. The number of rotatable bonds is 3. The lowest BCUT2D eigenvalue weighted by molar-refractivity contribution is 0.217. The van der Waals surface area contributed by atoms with Crippen LogP contribution in [-0.2, 0) is 0 Å². The lowest BCUT2D eigenvalue weighted by atomic mass is 10.5. The molecule has 1 aromatic rings. The predicted octanol–water partition coefficient (Wildman–Crippen LogP) is 0.250. The summed E-state index contributed by atoms with van der Waals surface area (Å²) < 4.78 is 10.0. The number of ether oxygens (including phenoxy) is 2. The quantitative estimate of drug-likeness (QED) is 0.724. The van der Waals surface area contributed by atoms with Crippen LogP contribution in [0.15, 0.2) is 0 Å². The summed E-state index contributed by atoms with van der Waals surface area (Å²) in [7, 11) is 1.45. The third kappa shape index (κ3) is 2.73. The second-order valence-corrected chi connectivity index (χ2v) is 2.63. The Morgan fingerprint density at radius 2 is 1.77 bits per heavy atom. The van der Waals surface area contributed by atoms with Gasteiger partial charge in [0, 0.05) is 0 Å². The minimum absolute atomic E-state index is 0.00786. The molecule has 0 radical (unpaired) electrons. The van der Waals surface area contributed by atoms with Gasteiger partial charge in [0.2, 0.25) is 5.95 Å². The first-order valence-electron chi connectivity index (χ1n) is 3.84. The third-order valence-electron chi connectivity index (χ3n) is 1.14. The lowest BCUT2D eigenvalue weighted by Gasteiger charge is -2.07. The van der Waals surface area contributed by atoms with E-state index in [9.17, 15) is 0 Å². The molecular weight excluding hydrogens is 172 g/mol. The van der Waals surface area contributed by atoms with Crippen molar-refractivity contribution in [3.8, 4) is 12.0 Å². The van der Waals surface area contributed by atoms with Gasteiger partial charge >= 0.3 is 12.0 Å². The van der Waals surface area contributed by atoms with Crippen molar-refractivity contribution in [1.82, 2.24) is 15.0 Å². The Morgan fingerprint density at radius 3 is 2.31 bits per heavy atom. The average Bonchev–Trinajstić information content (AvgIpc) is 2.01. The van der Waals surface area contributed by atoms with E-state index in [2.05, 4.69) is 15.0 Å². The molecule has 0 aliphatic rings. The van der Waals surface area contributed by atoms with Crippen molar-refractivity contribution in [2.75, 3.05) is 12.8 Å². The Hall–Kier alpha value is -1.59. The Labute approximate surface area is 76.1 Å². The van der Waals surface area contributed by atoms with Crippen LogP contribution in [0, 0.1) is 0 Å². The van der Waals surface area contributed by atoms with E-state index < -0.39 is 0 Å². The fourth-order valence-corrected chi connectivity index (χ4v) is 0.708. The van der Waals surface area contributed by atoms with E-state index in [0.29, 0.717) is 0 Å². The highest BCUT2D eigenvalue weighted by Gasteiger charge is 2.06. The van der Waals surface area contributed by atoms with Crippen molar-refractivity contribution in [1.29, 1.82) is 0 Å². The smallest absolute Gasteiger partial charge is 0.324 e. The van der Waals surface area contributed by atoms with Crippen LogP contribution in [0.25, 0.3) is 0 Å². The third-order valence-corrected chi connectivity index (χ3v) is 1.14. The molecule has 0 saturated carbocycles. The van der Waals surface area contributed by atoms with Crippen molar-refractivity contribution in [3.05, 3.63) is 0 Å². The van der Waals surface area contributed by atoms with Gasteiger partial charge in [-0.05, 0) is 13.8 Å². The van der Waals surface area contributed by atoms with E-state index in [-0.39, 0.29) is 24.1 Å². The summed E-state index contributed by atoms with van der Waals surface area (Å²) in [6.45, 7) is 3.74. The van der Waals surface area contributed by atoms with Crippen LogP contribution in [0.3, 0.4) is 0 Å². The molecule has 0 atom stereocenters. The van der Waals surface area contributed by atoms with Crippen molar-refractivity contribution in [2.45, 2.75) is 20.0 Å². The summed E-state index contributed by atoms with van der Waals surface area (Å²) in [6.07, 6.45) is -0.00786. The van der Waals surface area contributed by atoms with Crippen LogP contribution in [0.2, 0.25) is 0 Å². The van der Waals surface area contributed by atoms with Crippen LogP contribution in [0.1, 0.15) is 13.8 Å². The zero-order chi connectivity index (χ0) is 9.84. The van der Waals surface area contributed by atoms with Crippen molar-refractivity contribution in [3.63, 3.8) is 0 Å². The molecule has 0 aliphatic carbocycles. The van der Waals surface area contributed by atoms with Crippen LogP contribution in [0.5, 0.6) is 12.0 Å². The van der Waals surface area contributed by atoms with Gasteiger partial charge in [0.25, 0.3) is 0 Å². The number of hydrogen-bond acceptors (Lipinski definition) is 6. The molecule has 6 heteroatoms. The maximum atomic E-state index is 5.39. The fraction of sp³-hybridized carbons (Fsp3) is 0.571. The summed E-state index contributed by atoms with van der Waals surface area (Å²) in [6, 6.07) is 0.336. The lowest BCUT2D eigenvalue weighted by Crippen LogP contribution is -2.11. The maximum Gasteiger partial charge on any atom is 0.324 e. The van der Waals surface area contributed by atoms with E-state index in [1.54, 1.807) is 0 Å². The number of anilines is 1. The van der Waals surface area contributed by atoms with Gasteiger partial charge in [-0.25, -0.2) is 0 Å². The van der Waals surface area contributed by atoms with E-state index >= 15 is 0 Å². The number of nitrogens with two attached hydrogens (primary N) is 1. The Balaban J connectivity index is 2.88. The van der Waals surface area contributed by atoms with Crippen molar-refractivity contribution < 1.29 is 9.47 Å². The molecule has 0 unspecified atom stereocenters. The average molecular weight is 184 g/mol. The summed E-state index contributed by atoms with van der Waals surface area (Å²) in [5.41, 5.74) is 5.39. The highest BCUT2D eigenvalue weighted by molar-refractivity contribution is 5.20. The van der Waals surface area contributed by atoms with Gasteiger partial charge in [-0.3, -0.25) is 0 Å². The number of hydrogen-bond donors (Lipinski definition) is 1. The maximum absolute atomic E-state index is 5.39. The Morgan fingerprint density at radius 1 is 1.15 bits per heavy atom. The summed E-state index contributed by atoms with van der Waals surface area (Å²) >= 11 is 0. The molecule has 0 aromatic carbocycles. The molecule has 1 heterocycles. The van der Waals surface area contributed by atoms with Gasteiger partial charge < -0.3 is 15.2 Å². The van der Waals surface area contributed by atoms with Crippen LogP contribution >= 0.6 is 0 Å². The first-order valence-corrected chi connectivity index (χ1v) is 3.84. The van der Waals surface area contributed by atoms with Gasteiger partial charge in [-0.2, -0.15) is 9.97 Å². The molecule has 0 bridgehead atoms. The molecule has 0 saturated heterocycles. The van der Waals surface area contributed by atoms with Gasteiger partial charge in [0.1, 0.15) is 0 Å². The topological polar surface area (TPSA) is 83.2 Å². The molecular formula is C7H12N4O2. The van der Waals surface area contributed by atoms with E-state index in [1.807, 2.05) is 13.8 Å². The van der Waals surface area contributed by atoms with Gasteiger partial charge in [-0.15, -0.1) is 4.98 Å². The SMILES string of the molecule is COc1nc(N)nc(OC(C)C)n1. The molecule has 0 fully saturated rings. The minimum Gasteiger partial charge on any atom is -0.467 e. The highest BCUT2D eigenvalue weighted by Crippen LogP contribution is 2.11. The summed E-state index contributed by atoms with van der Waals surface area (Å²) in [5, 5.41) is 0. The van der Waals surface area contributed by atoms with Crippen LogP contribution in [-0.4, -0.2) is 28.2 Å². The highest BCUT2D eigenvalue weighted by atomic mass is 16.5. The van der Waals surface area contributed by atoms with Crippen LogP contribution in [0.4, 0.5) is 5.95 Å². The molecule has 0 spiro atoms. The zero-order valence-electron chi connectivity index (χ0n) is 7.81. The Kier molecular flexibility index (Phi) is 2.84. The molecule has 13 heavy (non-hydrogen) atoms. The van der Waals surface area contributed by atoms with Gasteiger partial charge in [-0.1, -0.05) is 0 Å². The van der Waals surface area contributed by atoms with Crippen molar-refractivity contribution >= 4 is 5.95 Å². The monoisotopic (exact) mass is 184 g/mol. The van der Waals surface area contributed by atoms with Gasteiger partial charge in [0.05, 0.1) is 13.2 Å². The second-order valence-electron chi connectivity index (χ2n) is 2.63. The number of aromatic nitrogens is 3. The molecule has 2 N–H and O–H groups in total. The molecule has 0 amide bonds. The minimum atomic E-state index is -0.00786. The molecule has 0 aliphatic heterocycles. The van der Waals surface area contributed by atoms with E-state index in [0.717, 1.165) is 0 Å². The second kappa shape index (κ2) is 3.88. The molecule has 1 rings (SSSR count). The molecule has 6 nitrogen and oxygen atoms in total. The molecule has 1 aromatic heterocycles. The summed E-state index contributed by atoms with van der Waals surface area (Å²) in [5.74, 6) is 0.0856. The van der Waals surface area contributed by atoms with Gasteiger partial charge in [0.15, 0.2) is 0 Å². The summed E-state index contributed by atoms with van der Waals surface area (Å²) in [4.78, 5) is 11.3. The van der Waals surface area contributed by atoms with Crippen LogP contribution < -0.4 is 15.2 Å².